The molecule has 0 spiro atoms. The van der Waals surface area contributed by atoms with Crippen LogP contribution >= 0.6 is 0 Å². The predicted molar refractivity (Wildman–Crippen MR) is 82.2 cm³/mol. The Bertz CT molecular complexity index is 827. The Balaban J connectivity index is 2.16. The molecular formula is C16H15NO4S. The van der Waals surface area contributed by atoms with Crippen molar-refractivity contribution < 1.29 is 17.9 Å². The largest absolute Gasteiger partial charge is 0.440 e. The summed E-state index contributed by atoms with van der Waals surface area (Å²) in [6.45, 7) is 3.58. The van der Waals surface area contributed by atoms with E-state index in [0.717, 1.165) is 9.87 Å². The van der Waals surface area contributed by atoms with Gasteiger partial charge in [-0.05, 0) is 32.0 Å². The fourth-order valence-corrected chi connectivity index (χ4v) is 3.78. The van der Waals surface area contributed by atoms with E-state index in [1.807, 2.05) is 6.92 Å². The first kappa shape index (κ1) is 14.6. The minimum Gasteiger partial charge on any atom is -0.440 e. The number of rotatable bonds is 2. The van der Waals surface area contributed by atoms with Gasteiger partial charge in [0.2, 0.25) is 0 Å². The molecule has 1 heterocycles. The standard InChI is InChI=1S/C16H15NO4S/c1-11-7-9-13(10-8-11)22(19,20)17-15-6-4-3-5-14(15)12(2)21-16(17)18/h3-10,12H,1-2H3. The zero-order valence-electron chi connectivity index (χ0n) is 12.2. The number of sulfonamides is 1. The van der Waals surface area contributed by atoms with Gasteiger partial charge in [0.05, 0.1) is 10.6 Å². The highest BCUT2D eigenvalue weighted by atomic mass is 32.2. The molecule has 5 nitrogen and oxygen atoms in total. The molecule has 2 aromatic rings. The highest BCUT2D eigenvalue weighted by Gasteiger charge is 2.39. The van der Waals surface area contributed by atoms with E-state index >= 15 is 0 Å². The lowest BCUT2D eigenvalue weighted by atomic mass is 10.1. The van der Waals surface area contributed by atoms with Gasteiger partial charge in [-0.15, -0.1) is 0 Å². The Morgan fingerprint density at radius 3 is 2.36 bits per heavy atom. The molecule has 6 heteroatoms. The highest BCUT2D eigenvalue weighted by molar-refractivity contribution is 7.93. The van der Waals surface area contributed by atoms with Crippen LogP contribution in [0.2, 0.25) is 0 Å². The summed E-state index contributed by atoms with van der Waals surface area (Å²) in [5.41, 5.74) is 1.94. The number of carbonyl (C=O) groups is 1. The average Bonchev–Trinajstić information content (AvgIpc) is 2.47. The summed E-state index contributed by atoms with van der Waals surface area (Å²) in [6, 6.07) is 13.2. The van der Waals surface area contributed by atoms with E-state index < -0.39 is 22.2 Å². The first-order valence-electron chi connectivity index (χ1n) is 6.83. The Labute approximate surface area is 129 Å². The summed E-state index contributed by atoms with van der Waals surface area (Å²) in [6.07, 6.45) is -1.36. The van der Waals surface area contributed by atoms with Crippen molar-refractivity contribution in [2.45, 2.75) is 24.8 Å². The molecule has 0 aromatic heterocycles. The molecule has 0 aliphatic carbocycles. The van der Waals surface area contributed by atoms with Crippen molar-refractivity contribution in [3.63, 3.8) is 0 Å². The maximum atomic E-state index is 12.8. The number of para-hydroxylation sites is 1. The van der Waals surface area contributed by atoms with E-state index in [1.165, 1.54) is 12.1 Å². The molecule has 1 atom stereocenters. The minimum atomic E-state index is -4.01. The van der Waals surface area contributed by atoms with E-state index in [9.17, 15) is 13.2 Å². The molecule has 0 radical (unpaired) electrons. The Kier molecular flexibility index (Phi) is 3.41. The van der Waals surface area contributed by atoms with Crippen LogP contribution in [0.1, 0.15) is 24.2 Å². The zero-order chi connectivity index (χ0) is 15.9. The summed E-state index contributed by atoms with van der Waals surface area (Å²) in [4.78, 5) is 12.2. The number of anilines is 1. The molecular weight excluding hydrogens is 302 g/mol. The van der Waals surface area contributed by atoms with Crippen LogP contribution < -0.4 is 4.31 Å². The number of amides is 1. The second-order valence-electron chi connectivity index (χ2n) is 5.17. The van der Waals surface area contributed by atoms with Gasteiger partial charge in [0, 0.05) is 5.56 Å². The van der Waals surface area contributed by atoms with Gasteiger partial charge >= 0.3 is 6.09 Å². The molecule has 0 saturated heterocycles. The SMILES string of the molecule is Cc1ccc(S(=O)(=O)N2C(=O)OC(C)c3ccccc32)cc1. The third-order valence-electron chi connectivity index (χ3n) is 3.60. The minimum absolute atomic E-state index is 0.0550. The Morgan fingerprint density at radius 1 is 1.05 bits per heavy atom. The second-order valence-corrected chi connectivity index (χ2v) is 6.95. The molecule has 2 aromatic carbocycles. The number of hydrogen-bond donors (Lipinski definition) is 0. The number of ether oxygens (including phenoxy) is 1. The third-order valence-corrected chi connectivity index (χ3v) is 5.29. The molecule has 1 unspecified atom stereocenters. The molecule has 22 heavy (non-hydrogen) atoms. The van der Waals surface area contributed by atoms with Crippen molar-refractivity contribution in [1.82, 2.24) is 0 Å². The van der Waals surface area contributed by atoms with Gasteiger partial charge in [-0.3, -0.25) is 0 Å². The molecule has 0 saturated carbocycles. The third kappa shape index (κ3) is 2.25. The van der Waals surface area contributed by atoms with Gasteiger partial charge in [-0.2, -0.15) is 4.31 Å². The zero-order valence-corrected chi connectivity index (χ0v) is 13.0. The van der Waals surface area contributed by atoms with Crippen molar-refractivity contribution in [3.05, 3.63) is 59.7 Å². The number of aryl methyl sites for hydroxylation is 1. The van der Waals surface area contributed by atoms with Gasteiger partial charge in [-0.1, -0.05) is 35.9 Å². The predicted octanol–water partition coefficient (Wildman–Crippen LogP) is 3.40. The van der Waals surface area contributed by atoms with Gasteiger partial charge < -0.3 is 4.74 Å². The molecule has 114 valence electrons. The van der Waals surface area contributed by atoms with Crippen LogP contribution in [0, 0.1) is 6.92 Å². The summed E-state index contributed by atoms with van der Waals surface area (Å²) in [5.74, 6) is 0. The normalized spacial score (nSPS) is 17.8. The van der Waals surface area contributed by atoms with Gasteiger partial charge in [-0.25, -0.2) is 13.2 Å². The Morgan fingerprint density at radius 2 is 1.68 bits per heavy atom. The molecule has 0 fully saturated rings. The van der Waals surface area contributed by atoms with Gasteiger partial charge in [0.25, 0.3) is 10.0 Å². The average molecular weight is 317 g/mol. The summed E-state index contributed by atoms with van der Waals surface area (Å²) in [7, 11) is -4.01. The topological polar surface area (TPSA) is 63.7 Å². The van der Waals surface area contributed by atoms with Crippen molar-refractivity contribution in [3.8, 4) is 0 Å². The van der Waals surface area contributed by atoms with E-state index in [0.29, 0.717) is 11.3 Å². The summed E-state index contributed by atoms with van der Waals surface area (Å²) in [5, 5.41) is 0. The lowest BCUT2D eigenvalue weighted by molar-refractivity contribution is 0.112. The number of fused-ring (bicyclic) bond motifs is 1. The fraction of sp³-hybridized carbons (Fsp3) is 0.188. The van der Waals surface area contributed by atoms with Crippen LogP contribution in [0.3, 0.4) is 0 Å². The molecule has 0 bridgehead atoms. The maximum absolute atomic E-state index is 12.8. The van der Waals surface area contributed by atoms with E-state index in [1.54, 1.807) is 43.3 Å². The molecule has 3 rings (SSSR count). The lowest BCUT2D eigenvalue weighted by Gasteiger charge is -2.31. The van der Waals surface area contributed by atoms with E-state index in [-0.39, 0.29) is 4.90 Å². The van der Waals surface area contributed by atoms with E-state index in [4.69, 9.17) is 4.74 Å². The van der Waals surface area contributed by atoms with Crippen LogP contribution in [0.25, 0.3) is 0 Å². The van der Waals surface area contributed by atoms with Crippen LogP contribution in [-0.2, 0) is 14.8 Å². The van der Waals surface area contributed by atoms with Crippen molar-refractivity contribution in [2.24, 2.45) is 0 Å². The smallest absolute Gasteiger partial charge is 0.429 e. The van der Waals surface area contributed by atoms with Gasteiger partial charge in [0.15, 0.2) is 0 Å². The lowest BCUT2D eigenvalue weighted by Crippen LogP contribution is -2.41. The van der Waals surface area contributed by atoms with Crippen molar-refractivity contribution in [1.29, 1.82) is 0 Å². The molecule has 1 amide bonds. The fourth-order valence-electron chi connectivity index (χ4n) is 2.42. The van der Waals surface area contributed by atoms with Crippen LogP contribution in [0.15, 0.2) is 53.4 Å². The summed E-state index contributed by atoms with van der Waals surface area (Å²) < 4.78 is 31.5. The van der Waals surface area contributed by atoms with Crippen molar-refractivity contribution >= 4 is 21.8 Å². The number of benzene rings is 2. The molecule has 1 aliphatic heterocycles. The number of cyclic esters (lactones) is 1. The van der Waals surface area contributed by atoms with Crippen LogP contribution in [0.4, 0.5) is 10.5 Å². The van der Waals surface area contributed by atoms with Crippen LogP contribution in [0.5, 0.6) is 0 Å². The van der Waals surface area contributed by atoms with Crippen LogP contribution in [-0.4, -0.2) is 14.5 Å². The number of hydrogen-bond acceptors (Lipinski definition) is 4. The monoisotopic (exact) mass is 317 g/mol. The summed E-state index contributed by atoms with van der Waals surface area (Å²) >= 11 is 0. The van der Waals surface area contributed by atoms with Gasteiger partial charge in [0.1, 0.15) is 6.10 Å². The second kappa shape index (κ2) is 5.14. The maximum Gasteiger partial charge on any atom is 0.429 e. The molecule has 0 N–H and O–H groups in total. The quantitative estimate of drug-likeness (QED) is 0.851. The first-order valence-corrected chi connectivity index (χ1v) is 8.27. The first-order chi connectivity index (χ1) is 10.4. The Hall–Kier alpha value is -2.34. The highest BCUT2D eigenvalue weighted by Crippen LogP contribution is 2.37. The molecule has 1 aliphatic rings. The number of carbonyl (C=O) groups excluding carboxylic acids is 1. The van der Waals surface area contributed by atoms with Crippen molar-refractivity contribution in [2.75, 3.05) is 4.31 Å². The number of nitrogens with zero attached hydrogens (tertiary/aromatic N) is 1. The van der Waals surface area contributed by atoms with E-state index in [2.05, 4.69) is 0 Å².